The van der Waals surface area contributed by atoms with Crippen molar-refractivity contribution in [2.24, 2.45) is 5.92 Å². The maximum atomic E-state index is 14.1. The average molecular weight is 429 g/mol. The number of hydrogen-bond acceptors (Lipinski definition) is 5. The molecule has 0 bridgehead atoms. The highest BCUT2D eigenvalue weighted by Crippen LogP contribution is 2.23. The van der Waals surface area contributed by atoms with Crippen LogP contribution in [0.4, 0.5) is 4.39 Å². The summed E-state index contributed by atoms with van der Waals surface area (Å²) >= 11 is 0. The predicted molar refractivity (Wildman–Crippen MR) is 106 cm³/mol. The van der Waals surface area contributed by atoms with E-state index in [1.54, 1.807) is 13.8 Å². The Morgan fingerprint density at radius 2 is 1.83 bits per heavy atom. The van der Waals surface area contributed by atoms with Gasteiger partial charge in [0.05, 0.1) is 5.56 Å². The summed E-state index contributed by atoms with van der Waals surface area (Å²) < 4.78 is 45.3. The first-order chi connectivity index (χ1) is 13.8. The first-order valence-corrected chi connectivity index (χ1v) is 11.5. The number of carbonyl (C=O) groups is 2. The lowest BCUT2D eigenvalue weighted by atomic mass is 9.89. The number of ether oxygens (including phenoxy) is 1. The number of halogens is 1. The molecule has 0 saturated heterocycles. The van der Waals surface area contributed by atoms with Gasteiger partial charge in [-0.15, -0.1) is 0 Å². The average Bonchev–Trinajstić information content (AvgIpc) is 2.72. The van der Waals surface area contributed by atoms with Crippen molar-refractivity contribution in [2.45, 2.75) is 50.8 Å². The fourth-order valence-corrected chi connectivity index (χ4v) is 4.99. The molecule has 1 aromatic carbocycles. The van der Waals surface area contributed by atoms with Crippen molar-refractivity contribution in [3.63, 3.8) is 0 Å². The largest absolute Gasteiger partial charge is 0.452 e. The van der Waals surface area contributed by atoms with Crippen LogP contribution in [-0.4, -0.2) is 50.8 Å². The molecule has 0 atom stereocenters. The highest BCUT2D eigenvalue weighted by Gasteiger charge is 2.27. The van der Waals surface area contributed by atoms with Crippen LogP contribution in [0.5, 0.6) is 0 Å². The van der Waals surface area contributed by atoms with Gasteiger partial charge in [0.15, 0.2) is 6.61 Å². The highest BCUT2D eigenvalue weighted by molar-refractivity contribution is 7.89. The highest BCUT2D eigenvalue weighted by atomic mass is 32.2. The number of benzene rings is 1. The molecule has 1 aliphatic rings. The van der Waals surface area contributed by atoms with E-state index < -0.39 is 39.2 Å². The Bertz CT molecular complexity index is 818. The number of sulfonamides is 1. The standard InChI is InChI=1S/C20H29FN2O5S/c1-3-23(4-2)29(26,27)18-12-16(10-11-17(18)21)20(25)28-14-19(24)22-13-15-8-6-5-7-9-15/h10-12,15H,3-9,13-14H2,1-2H3,(H,22,24). The fraction of sp³-hybridized carbons (Fsp3) is 0.600. The Labute approximate surface area is 171 Å². The van der Waals surface area contributed by atoms with E-state index in [1.807, 2.05) is 0 Å². The summed E-state index contributed by atoms with van der Waals surface area (Å²) in [6.45, 7) is 3.72. The normalized spacial score (nSPS) is 15.3. The van der Waals surface area contributed by atoms with Crippen molar-refractivity contribution in [3.05, 3.63) is 29.6 Å². The van der Waals surface area contributed by atoms with E-state index in [0.29, 0.717) is 12.5 Å². The third-order valence-electron chi connectivity index (χ3n) is 5.14. The molecule has 0 aliphatic heterocycles. The molecule has 0 heterocycles. The molecule has 162 valence electrons. The van der Waals surface area contributed by atoms with Gasteiger partial charge in [-0.1, -0.05) is 33.1 Å². The number of nitrogens with one attached hydrogen (secondary N) is 1. The molecule has 1 aromatic rings. The van der Waals surface area contributed by atoms with Crippen LogP contribution in [0.2, 0.25) is 0 Å². The second kappa shape index (κ2) is 10.7. The van der Waals surface area contributed by atoms with Gasteiger partial charge < -0.3 is 10.1 Å². The van der Waals surface area contributed by atoms with Gasteiger partial charge in [-0.3, -0.25) is 4.79 Å². The van der Waals surface area contributed by atoms with Gasteiger partial charge in [-0.05, 0) is 37.0 Å². The lowest BCUT2D eigenvalue weighted by Gasteiger charge is -2.21. The molecule has 0 spiro atoms. The van der Waals surface area contributed by atoms with Crippen molar-refractivity contribution in [3.8, 4) is 0 Å². The van der Waals surface area contributed by atoms with E-state index >= 15 is 0 Å². The Morgan fingerprint density at radius 3 is 2.45 bits per heavy atom. The second-order valence-electron chi connectivity index (χ2n) is 7.12. The Balaban J connectivity index is 1.97. The zero-order valence-electron chi connectivity index (χ0n) is 16.9. The molecule has 0 radical (unpaired) electrons. The minimum atomic E-state index is -4.07. The maximum absolute atomic E-state index is 14.1. The smallest absolute Gasteiger partial charge is 0.338 e. The van der Waals surface area contributed by atoms with Gasteiger partial charge in [0.2, 0.25) is 10.0 Å². The topological polar surface area (TPSA) is 92.8 Å². The lowest BCUT2D eigenvalue weighted by Crippen LogP contribution is -2.33. The molecular formula is C20H29FN2O5S. The number of hydrogen-bond donors (Lipinski definition) is 1. The predicted octanol–water partition coefficient (Wildman–Crippen LogP) is 2.71. The monoisotopic (exact) mass is 428 g/mol. The quantitative estimate of drug-likeness (QED) is 0.611. The van der Waals surface area contributed by atoms with Crippen LogP contribution in [0.25, 0.3) is 0 Å². The van der Waals surface area contributed by atoms with E-state index in [0.717, 1.165) is 35.3 Å². The van der Waals surface area contributed by atoms with Crippen molar-refractivity contribution in [1.29, 1.82) is 0 Å². The summed E-state index contributed by atoms with van der Waals surface area (Å²) in [5.74, 6) is -1.79. The number of nitrogens with zero attached hydrogens (tertiary/aromatic N) is 1. The second-order valence-corrected chi connectivity index (χ2v) is 9.03. The first-order valence-electron chi connectivity index (χ1n) is 10.0. The van der Waals surface area contributed by atoms with Crippen molar-refractivity contribution < 1.29 is 27.1 Å². The molecule has 1 amide bonds. The zero-order valence-corrected chi connectivity index (χ0v) is 17.8. The van der Waals surface area contributed by atoms with Crippen LogP contribution in [0, 0.1) is 11.7 Å². The van der Waals surface area contributed by atoms with Gasteiger partial charge in [0.1, 0.15) is 10.7 Å². The van der Waals surface area contributed by atoms with Crippen molar-refractivity contribution >= 4 is 21.9 Å². The molecule has 1 fully saturated rings. The van der Waals surface area contributed by atoms with Crippen LogP contribution < -0.4 is 5.32 Å². The van der Waals surface area contributed by atoms with Crippen LogP contribution in [0.1, 0.15) is 56.3 Å². The van der Waals surface area contributed by atoms with E-state index in [2.05, 4.69) is 5.32 Å². The van der Waals surface area contributed by atoms with E-state index in [9.17, 15) is 22.4 Å². The zero-order chi connectivity index (χ0) is 21.4. The molecule has 2 rings (SSSR count). The molecule has 1 aliphatic carbocycles. The van der Waals surface area contributed by atoms with Gasteiger partial charge in [0.25, 0.3) is 5.91 Å². The summed E-state index contributed by atoms with van der Waals surface area (Å²) in [6, 6.07) is 3.00. The summed E-state index contributed by atoms with van der Waals surface area (Å²) in [4.78, 5) is 23.6. The SMILES string of the molecule is CCN(CC)S(=O)(=O)c1cc(C(=O)OCC(=O)NCC2CCCCC2)ccc1F. The summed E-state index contributed by atoms with van der Waals surface area (Å²) in [7, 11) is -4.07. The maximum Gasteiger partial charge on any atom is 0.338 e. The molecule has 7 nitrogen and oxygen atoms in total. The third-order valence-corrected chi connectivity index (χ3v) is 7.20. The number of carbonyl (C=O) groups excluding carboxylic acids is 2. The summed E-state index contributed by atoms with van der Waals surface area (Å²) in [6.07, 6.45) is 5.72. The minimum absolute atomic E-state index is 0.128. The van der Waals surface area contributed by atoms with Crippen molar-refractivity contribution in [1.82, 2.24) is 9.62 Å². The lowest BCUT2D eigenvalue weighted by molar-refractivity contribution is -0.124. The van der Waals surface area contributed by atoms with E-state index in [-0.39, 0.29) is 18.7 Å². The molecule has 1 N–H and O–H groups in total. The van der Waals surface area contributed by atoms with E-state index in [4.69, 9.17) is 4.74 Å². The molecule has 1 saturated carbocycles. The number of rotatable bonds is 9. The van der Waals surface area contributed by atoms with E-state index in [1.165, 1.54) is 19.3 Å². The van der Waals surface area contributed by atoms with Crippen LogP contribution >= 0.6 is 0 Å². The molecular weight excluding hydrogens is 399 g/mol. The summed E-state index contributed by atoms with van der Waals surface area (Å²) in [5, 5.41) is 2.76. The van der Waals surface area contributed by atoms with Gasteiger partial charge >= 0.3 is 5.97 Å². The molecule has 9 heteroatoms. The first kappa shape index (κ1) is 23.3. The minimum Gasteiger partial charge on any atom is -0.452 e. The Hall–Kier alpha value is -2.00. The fourth-order valence-electron chi connectivity index (χ4n) is 3.45. The molecule has 29 heavy (non-hydrogen) atoms. The van der Waals surface area contributed by atoms with Gasteiger partial charge in [-0.25, -0.2) is 17.6 Å². The van der Waals surface area contributed by atoms with Gasteiger partial charge in [-0.2, -0.15) is 4.31 Å². The Kier molecular flexibility index (Phi) is 8.58. The summed E-state index contributed by atoms with van der Waals surface area (Å²) in [5.41, 5.74) is -0.128. The number of amides is 1. The van der Waals surface area contributed by atoms with Gasteiger partial charge in [0, 0.05) is 19.6 Å². The molecule has 0 unspecified atom stereocenters. The molecule has 0 aromatic heterocycles. The Morgan fingerprint density at radius 1 is 1.17 bits per heavy atom. The van der Waals surface area contributed by atoms with Crippen LogP contribution in [-0.2, 0) is 19.6 Å². The van der Waals surface area contributed by atoms with Crippen molar-refractivity contribution in [2.75, 3.05) is 26.2 Å². The number of esters is 1. The van der Waals surface area contributed by atoms with Crippen LogP contribution in [0.3, 0.4) is 0 Å². The van der Waals surface area contributed by atoms with Crippen LogP contribution in [0.15, 0.2) is 23.1 Å². The third kappa shape index (κ3) is 6.24.